The largest absolute Gasteiger partial charge is 0.381 e. The normalized spacial score (nSPS) is 10.6. The van der Waals surface area contributed by atoms with Crippen LogP contribution in [-0.2, 0) is 11.2 Å². The molecule has 1 radical (unpaired) electrons. The van der Waals surface area contributed by atoms with Crippen LogP contribution in [0.15, 0.2) is 30.3 Å². The molecule has 1 nitrogen and oxygen atoms in total. The van der Waals surface area contributed by atoms with Gasteiger partial charge in [-0.2, -0.15) is 0 Å². The zero-order valence-electron chi connectivity index (χ0n) is 10.2. The molecule has 0 fully saturated rings. The second-order valence-electron chi connectivity index (χ2n) is 4.12. The lowest BCUT2D eigenvalue weighted by Gasteiger charge is -2.04. The molecule has 0 bridgehead atoms. The standard InChI is InChI=1S/C15H23O/c1-2-3-4-8-13-16-14-9-12-15-10-6-5-7-11-15/h5-7,10-11H,1-4,8-9,12-14H2. The molecule has 0 saturated carbocycles. The van der Waals surface area contributed by atoms with E-state index >= 15 is 0 Å². The van der Waals surface area contributed by atoms with Gasteiger partial charge in [0.15, 0.2) is 0 Å². The van der Waals surface area contributed by atoms with Crippen molar-refractivity contribution in [2.75, 3.05) is 13.2 Å². The summed E-state index contributed by atoms with van der Waals surface area (Å²) in [6.45, 7) is 5.63. The number of hydrogen-bond donors (Lipinski definition) is 0. The molecule has 0 aliphatic heterocycles. The summed E-state index contributed by atoms with van der Waals surface area (Å²) in [6.07, 6.45) is 6.96. The van der Waals surface area contributed by atoms with E-state index in [4.69, 9.17) is 4.74 Å². The molecule has 0 aliphatic rings. The first kappa shape index (κ1) is 13.2. The maximum Gasteiger partial charge on any atom is 0.0469 e. The average Bonchev–Trinajstić information content (AvgIpc) is 2.34. The second kappa shape index (κ2) is 9.41. The molecule has 0 aromatic heterocycles. The molecule has 89 valence electrons. The number of aryl methyl sites for hydroxylation is 1. The summed E-state index contributed by atoms with van der Waals surface area (Å²) in [4.78, 5) is 0. The monoisotopic (exact) mass is 219 g/mol. The fourth-order valence-electron chi connectivity index (χ4n) is 1.68. The van der Waals surface area contributed by atoms with Crippen LogP contribution in [0.25, 0.3) is 0 Å². The Morgan fingerprint density at radius 2 is 1.62 bits per heavy atom. The molecule has 0 unspecified atom stereocenters. The van der Waals surface area contributed by atoms with Crippen molar-refractivity contribution < 1.29 is 4.74 Å². The Kier molecular flexibility index (Phi) is 7.79. The van der Waals surface area contributed by atoms with Gasteiger partial charge in [0.25, 0.3) is 0 Å². The van der Waals surface area contributed by atoms with E-state index in [2.05, 4.69) is 37.3 Å². The highest BCUT2D eigenvalue weighted by molar-refractivity contribution is 5.14. The van der Waals surface area contributed by atoms with Crippen LogP contribution in [0.4, 0.5) is 0 Å². The minimum atomic E-state index is 0.888. The number of rotatable bonds is 9. The Morgan fingerprint density at radius 3 is 2.38 bits per heavy atom. The van der Waals surface area contributed by atoms with E-state index in [9.17, 15) is 0 Å². The van der Waals surface area contributed by atoms with Gasteiger partial charge >= 0.3 is 0 Å². The Bertz CT molecular complexity index is 243. The van der Waals surface area contributed by atoms with E-state index in [1.807, 2.05) is 0 Å². The maximum absolute atomic E-state index is 5.58. The molecule has 1 rings (SSSR count). The van der Waals surface area contributed by atoms with Gasteiger partial charge in [0.05, 0.1) is 0 Å². The van der Waals surface area contributed by atoms with Crippen molar-refractivity contribution >= 4 is 0 Å². The van der Waals surface area contributed by atoms with E-state index in [0.717, 1.165) is 32.5 Å². The molecule has 1 aromatic rings. The highest BCUT2D eigenvalue weighted by atomic mass is 16.5. The van der Waals surface area contributed by atoms with Gasteiger partial charge < -0.3 is 4.74 Å². The lowest BCUT2D eigenvalue weighted by Crippen LogP contribution is -1.98. The number of hydrogen-bond acceptors (Lipinski definition) is 1. The Labute approximate surface area is 99.8 Å². The first-order valence-corrected chi connectivity index (χ1v) is 6.34. The van der Waals surface area contributed by atoms with Crippen LogP contribution >= 0.6 is 0 Å². The lowest BCUT2D eigenvalue weighted by molar-refractivity contribution is 0.128. The molecule has 0 heterocycles. The Morgan fingerprint density at radius 1 is 0.875 bits per heavy atom. The van der Waals surface area contributed by atoms with Crippen LogP contribution in [0.1, 0.15) is 37.7 Å². The van der Waals surface area contributed by atoms with Crippen molar-refractivity contribution in [2.24, 2.45) is 0 Å². The van der Waals surface area contributed by atoms with Crippen molar-refractivity contribution in [3.8, 4) is 0 Å². The number of ether oxygens (including phenoxy) is 1. The molecule has 0 N–H and O–H groups in total. The summed E-state index contributed by atoms with van der Waals surface area (Å²) >= 11 is 0. The van der Waals surface area contributed by atoms with Gasteiger partial charge in [-0.1, -0.05) is 56.5 Å². The highest BCUT2D eigenvalue weighted by Crippen LogP contribution is 2.03. The second-order valence-corrected chi connectivity index (χ2v) is 4.12. The molecule has 1 aromatic carbocycles. The van der Waals surface area contributed by atoms with Crippen molar-refractivity contribution in [3.63, 3.8) is 0 Å². The molecule has 16 heavy (non-hydrogen) atoms. The third kappa shape index (κ3) is 6.62. The van der Waals surface area contributed by atoms with Gasteiger partial charge in [0.2, 0.25) is 0 Å². The van der Waals surface area contributed by atoms with Gasteiger partial charge in [-0.15, -0.1) is 0 Å². The average molecular weight is 219 g/mol. The fraction of sp³-hybridized carbons (Fsp3) is 0.533. The predicted molar refractivity (Wildman–Crippen MR) is 69.4 cm³/mol. The minimum Gasteiger partial charge on any atom is -0.381 e. The van der Waals surface area contributed by atoms with Crippen LogP contribution < -0.4 is 0 Å². The summed E-state index contributed by atoms with van der Waals surface area (Å²) in [5, 5.41) is 0. The molecule has 0 atom stereocenters. The number of benzene rings is 1. The zero-order valence-corrected chi connectivity index (χ0v) is 10.2. The number of unbranched alkanes of at least 4 members (excludes halogenated alkanes) is 3. The smallest absolute Gasteiger partial charge is 0.0469 e. The zero-order chi connectivity index (χ0) is 11.5. The molecule has 0 spiro atoms. The van der Waals surface area contributed by atoms with E-state index < -0.39 is 0 Å². The molecule has 1 heteroatoms. The quantitative estimate of drug-likeness (QED) is 0.570. The maximum atomic E-state index is 5.58. The van der Waals surface area contributed by atoms with Crippen molar-refractivity contribution in [1.82, 2.24) is 0 Å². The van der Waals surface area contributed by atoms with Gasteiger partial charge in [0, 0.05) is 13.2 Å². The van der Waals surface area contributed by atoms with Gasteiger partial charge in [0.1, 0.15) is 0 Å². The minimum absolute atomic E-state index is 0.888. The van der Waals surface area contributed by atoms with Crippen LogP contribution in [0.5, 0.6) is 0 Å². The van der Waals surface area contributed by atoms with Crippen LogP contribution in [0.3, 0.4) is 0 Å². The molecule has 0 amide bonds. The SMILES string of the molecule is [CH2]CCCCCOCCCc1ccccc1. The third-order valence-corrected chi connectivity index (χ3v) is 2.64. The van der Waals surface area contributed by atoms with E-state index in [1.54, 1.807) is 0 Å². The summed E-state index contributed by atoms with van der Waals surface area (Å²) in [6, 6.07) is 10.6. The first-order chi connectivity index (χ1) is 7.93. The van der Waals surface area contributed by atoms with Crippen LogP contribution in [0, 0.1) is 6.92 Å². The fourth-order valence-corrected chi connectivity index (χ4v) is 1.68. The molecular weight excluding hydrogens is 196 g/mol. The van der Waals surface area contributed by atoms with Crippen molar-refractivity contribution in [1.29, 1.82) is 0 Å². The van der Waals surface area contributed by atoms with Crippen LogP contribution in [-0.4, -0.2) is 13.2 Å². The van der Waals surface area contributed by atoms with E-state index in [0.29, 0.717) is 0 Å². The third-order valence-electron chi connectivity index (χ3n) is 2.64. The van der Waals surface area contributed by atoms with Gasteiger partial charge in [-0.3, -0.25) is 0 Å². The van der Waals surface area contributed by atoms with Gasteiger partial charge in [-0.05, 0) is 24.8 Å². The molecular formula is C15H23O. The summed E-state index contributed by atoms with van der Waals surface area (Å²) in [5.74, 6) is 0. The highest BCUT2D eigenvalue weighted by Gasteiger charge is 1.93. The topological polar surface area (TPSA) is 9.23 Å². The predicted octanol–water partition coefficient (Wildman–Crippen LogP) is 4.03. The summed E-state index contributed by atoms with van der Waals surface area (Å²) in [7, 11) is 0. The molecule has 0 aliphatic carbocycles. The van der Waals surface area contributed by atoms with E-state index in [1.165, 1.54) is 24.8 Å². The van der Waals surface area contributed by atoms with Crippen molar-refractivity contribution in [2.45, 2.75) is 38.5 Å². The van der Waals surface area contributed by atoms with Crippen molar-refractivity contribution in [3.05, 3.63) is 42.8 Å². The Hall–Kier alpha value is -0.820. The Balaban J connectivity index is 1.89. The van der Waals surface area contributed by atoms with Crippen LogP contribution in [0.2, 0.25) is 0 Å². The molecule has 0 saturated heterocycles. The summed E-state index contributed by atoms with van der Waals surface area (Å²) < 4.78 is 5.58. The van der Waals surface area contributed by atoms with E-state index in [-0.39, 0.29) is 0 Å². The lowest BCUT2D eigenvalue weighted by atomic mass is 10.1. The first-order valence-electron chi connectivity index (χ1n) is 6.34. The van der Waals surface area contributed by atoms with Gasteiger partial charge in [-0.25, -0.2) is 0 Å². The summed E-state index contributed by atoms with van der Waals surface area (Å²) in [5.41, 5.74) is 1.41.